The average molecular weight is 249 g/mol. The quantitative estimate of drug-likeness (QED) is 0.862. The van der Waals surface area contributed by atoms with Gasteiger partial charge in [0.15, 0.2) is 0 Å². The van der Waals surface area contributed by atoms with E-state index in [4.69, 9.17) is 10.5 Å². The molecule has 0 saturated carbocycles. The van der Waals surface area contributed by atoms with Crippen LogP contribution < -0.4 is 10.5 Å². The van der Waals surface area contributed by atoms with E-state index >= 15 is 0 Å². The van der Waals surface area contributed by atoms with Gasteiger partial charge in [0.1, 0.15) is 5.75 Å². The van der Waals surface area contributed by atoms with Crippen molar-refractivity contribution >= 4 is 0 Å². The van der Waals surface area contributed by atoms with Crippen LogP contribution in [-0.4, -0.2) is 18.3 Å². The lowest BCUT2D eigenvalue weighted by Gasteiger charge is -2.20. The van der Waals surface area contributed by atoms with Crippen LogP contribution in [-0.2, 0) is 6.18 Å². The van der Waals surface area contributed by atoms with Crippen molar-refractivity contribution in [2.45, 2.75) is 25.2 Å². The highest BCUT2D eigenvalue weighted by Crippen LogP contribution is 2.37. The Morgan fingerprint density at radius 1 is 1.35 bits per heavy atom. The number of alkyl halides is 3. The molecule has 0 heterocycles. The fraction of sp³-hybridized carbons (Fsp3) is 0.455. The Labute approximate surface area is 97.0 Å². The highest BCUT2D eigenvalue weighted by Gasteiger charge is 2.35. The molecule has 17 heavy (non-hydrogen) atoms. The molecule has 6 heteroatoms. The predicted octanol–water partition coefficient (Wildman–Crippen LogP) is 2.09. The molecule has 0 aromatic heterocycles. The minimum Gasteiger partial charge on any atom is -0.497 e. The molecule has 0 unspecified atom stereocenters. The van der Waals surface area contributed by atoms with Crippen molar-refractivity contribution in [1.29, 1.82) is 0 Å². The van der Waals surface area contributed by atoms with E-state index in [0.717, 1.165) is 12.1 Å². The Morgan fingerprint density at radius 3 is 2.35 bits per heavy atom. The zero-order chi connectivity index (χ0) is 13.2. The number of benzene rings is 1. The number of aliphatic hydroxyl groups is 1. The van der Waals surface area contributed by atoms with Crippen LogP contribution in [0.4, 0.5) is 13.2 Å². The maximum atomic E-state index is 12.7. The molecule has 2 atom stereocenters. The molecule has 1 aromatic carbocycles. The Morgan fingerprint density at radius 2 is 1.94 bits per heavy atom. The minimum atomic E-state index is -4.53. The van der Waals surface area contributed by atoms with E-state index in [2.05, 4.69) is 0 Å². The zero-order valence-electron chi connectivity index (χ0n) is 9.45. The van der Waals surface area contributed by atoms with Gasteiger partial charge in [0.2, 0.25) is 0 Å². The summed E-state index contributed by atoms with van der Waals surface area (Å²) in [5.74, 6) is 0.243. The normalized spacial score (nSPS) is 15.5. The van der Waals surface area contributed by atoms with Crippen LogP contribution >= 0.6 is 0 Å². The topological polar surface area (TPSA) is 55.5 Å². The molecule has 0 aliphatic rings. The smallest absolute Gasteiger partial charge is 0.416 e. The van der Waals surface area contributed by atoms with Crippen LogP contribution in [0.3, 0.4) is 0 Å². The standard InChI is InChI=1S/C11H14F3NO2/c1-6(15)10(16)8-5-7(17-2)3-4-9(8)11(12,13)14/h3-6,10,16H,15H2,1-2H3/t6-,10-/m0/s1. The molecule has 0 radical (unpaired) electrons. The molecule has 0 spiro atoms. The van der Waals surface area contributed by atoms with Crippen LogP contribution in [0.25, 0.3) is 0 Å². The molecule has 3 nitrogen and oxygen atoms in total. The second kappa shape index (κ2) is 4.93. The highest BCUT2D eigenvalue weighted by molar-refractivity contribution is 5.39. The Balaban J connectivity index is 3.31. The van der Waals surface area contributed by atoms with Gasteiger partial charge in [-0.3, -0.25) is 0 Å². The lowest BCUT2D eigenvalue weighted by atomic mass is 9.97. The van der Waals surface area contributed by atoms with Crippen LogP contribution in [0, 0.1) is 0 Å². The summed E-state index contributed by atoms with van der Waals surface area (Å²) in [6, 6.07) is 2.42. The first-order valence-electron chi connectivity index (χ1n) is 4.96. The third kappa shape index (κ3) is 3.10. The van der Waals surface area contributed by atoms with Crippen molar-refractivity contribution in [3.63, 3.8) is 0 Å². The van der Waals surface area contributed by atoms with Gasteiger partial charge in [0, 0.05) is 6.04 Å². The molecule has 0 saturated heterocycles. The summed E-state index contributed by atoms with van der Waals surface area (Å²) in [5.41, 5.74) is 4.24. The van der Waals surface area contributed by atoms with Gasteiger partial charge in [-0.2, -0.15) is 13.2 Å². The highest BCUT2D eigenvalue weighted by atomic mass is 19.4. The SMILES string of the molecule is COc1ccc(C(F)(F)F)c([C@@H](O)[C@H](C)N)c1. The Kier molecular flexibility index (Phi) is 4.00. The summed E-state index contributed by atoms with van der Waals surface area (Å²) in [5, 5.41) is 9.68. The summed E-state index contributed by atoms with van der Waals surface area (Å²) in [6.45, 7) is 1.43. The van der Waals surface area contributed by atoms with Gasteiger partial charge in [-0.05, 0) is 30.7 Å². The monoisotopic (exact) mass is 249 g/mol. The van der Waals surface area contributed by atoms with Crippen molar-refractivity contribution in [2.75, 3.05) is 7.11 Å². The molecule has 0 fully saturated rings. The molecule has 1 aromatic rings. The fourth-order valence-corrected chi connectivity index (χ4v) is 1.45. The van der Waals surface area contributed by atoms with Crippen LogP contribution in [0.5, 0.6) is 5.75 Å². The maximum absolute atomic E-state index is 12.7. The number of rotatable bonds is 3. The van der Waals surface area contributed by atoms with E-state index in [9.17, 15) is 18.3 Å². The summed E-state index contributed by atoms with van der Waals surface area (Å²) >= 11 is 0. The molecule has 96 valence electrons. The van der Waals surface area contributed by atoms with Gasteiger partial charge in [0.25, 0.3) is 0 Å². The first-order chi connectivity index (χ1) is 7.77. The van der Waals surface area contributed by atoms with Crippen LogP contribution in [0.2, 0.25) is 0 Å². The van der Waals surface area contributed by atoms with E-state index in [0.29, 0.717) is 0 Å². The molecule has 1 rings (SSSR count). The van der Waals surface area contributed by atoms with Gasteiger partial charge in [0.05, 0.1) is 18.8 Å². The van der Waals surface area contributed by atoms with E-state index in [1.165, 1.54) is 20.1 Å². The zero-order valence-corrected chi connectivity index (χ0v) is 9.45. The maximum Gasteiger partial charge on any atom is 0.416 e. The summed E-state index contributed by atoms with van der Waals surface area (Å²) < 4.78 is 43.0. The van der Waals surface area contributed by atoms with Crippen molar-refractivity contribution in [3.05, 3.63) is 29.3 Å². The summed E-state index contributed by atoms with van der Waals surface area (Å²) in [7, 11) is 1.34. The summed E-state index contributed by atoms with van der Waals surface area (Å²) in [6.07, 6.45) is -5.92. The third-order valence-corrected chi connectivity index (χ3v) is 2.38. The fourth-order valence-electron chi connectivity index (χ4n) is 1.45. The van der Waals surface area contributed by atoms with Gasteiger partial charge in [-0.25, -0.2) is 0 Å². The lowest BCUT2D eigenvalue weighted by molar-refractivity contribution is -0.139. The van der Waals surface area contributed by atoms with E-state index < -0.39 is 23.9 Å². The molecule has 0 bridgehead atoms. The average Bonchev–Trinajstić information content (AvgIpc) is 2.25. The minimum absolute atomic E-state index is 0.243. The largest absolute Gasteiger partial charge is 0.497 e. The molecular weight excluding hydrogens is 235 g/mol. The number of ether oxygens (including phenoxy) is 1. The number of methoxy groups -OCH3 is 1. The number of halogens is 3. The van der Waals surface area contributed by atoms with Crippen molar-refractivity contribution in [3.8, 4) is 5.75 Å². The third-order valence-electron chi connectivity index (χ3n) is 2.38. The van der Waals surface area contributed by atoms with Crippen molar-refractivity contribution < 1.29 is 23.0 Å². The number of nitrogens with two attached hydrogens (primary N) is 1. The second-order valence-electron chi connectivity index (χ2n) is 3.75. The van der Waals surface area contributed by atoms with E-state index in [1.807, 2.05) is 0 Å². The molecule has 0 aliphatic heterocycles. The number of aliphatic hydroxyl groups excluding tert-OH is 1. The van der Waals surface area contributed by atoms with Crippen LogP contribution in [0.15, 0.2) is 18.2 Å². The number of hydrogen-bond donors (Lipinski definition) is 2. The molecular formula is C11H14F3NO2. The molecule has 0 amide bonds. The number of hydrogen-bond acceptors (Lipinski definition) is 3. The first-order valence-corrected chi connectivity index (χ1v) is 4.96. The van der Waals surface area contributed by atoms with Gasteiger partial charge >= 0.3 is 6.18 Å². The van der Waals surface area contributed by atoms with E-state index in [1.54, 1.807) is 0 Å². The first kappa shape index (κ1) is 13.8. The van der Waals surface area contributed by atoms with Crippen molar-refractivity contribution in [1.82, 2.24) is 0 Å². The van der Waals surface area contributed by atoms with E-state index in [-0.39, 0.29) is 11.3 Å². The Bertz CT molecular complexity index is 391. The lowest BCUT2D eigenvalue weighted by Crippen LogP contribution is -2.26. The molecule has 0 aliphatic carbocycles. The van der Waals surface area contributed by atoms with Gasteiger partial charge in [-0.1, -0.05) is 0 Å². The summed E-state index contributed by atoms with van der Waals surface area (Å²) in [4.78, 5) is 0. The van der Waals surface area contributed by atoms with Gasteiger partial charge in [-0.15, -0.1) is 0 Å². The second-order valence-corrected chi connectivity index (χ2v) is 3.75. The predicted molar refractivity (Wildman–Crippen MR) is 56.6 cm³/mol. The van der Waals surface area contributed by atoms with Crippen LogP contribution in [0.1, 0.15) is 24.2 Å². The Hall–Kier alpha value is -1.27. The molecule has 3 N–H and O–H groups in total. The van der Waals surface area contributed by atoms with Gasteiger partial charge < -0.3 is 15.6 Å². The van der Waals surface area contributed by atoms with Crippen molar-refractivity contribution in [2.24, 2.45) is 5.73 Å².